The van der Waals surface area contributed by atoms with Gasteiger partial charge in [0.05, 0.1) is 26.4 Å². The highest BCUT2D eigenvalue weighted by Crippen LogP contribution is 2.23. The average Bonchev–Trinajstić information content (AvgIpc) is 2.75. The molecule has 9 atom stereocenters. The maximum atomic E-state index is 10.2. The van der Waals surface area contributed by atoms with Crippen molar-refractivity contribution in [3.05, 3.63) is 35.9 Å². The second-order valence-corrected chi connectivity index (χ2v) is 7.58. The van der Waals surface area contributed by atoms with E-state index in [1.54, 1.807) is 0 Å². The first-order valence-electron chi connectivity index (χ1n) is 9.97. The molecule has 2 aliphatic rings. The molecule has 3 rings (SSSR count). The lowest BCUT2D eigenvalue weighted by Gasteiger charge is -2.40. The standard InChI is InChI=1S/C20H30O10/c21-12-8-29-13(16(23)15(12)22)9-27-10-14-17(24)18(25)19(26)20(30-14)28-7-6-11-4-2-1-3-5-11/h1-5,12-26H,6-10H2/t12-,13+,14?,15+,16?,17-,18+,19?,20?/m1/s1. The Morgan fingerprint density at radius 2 is 1.47 bits per heavy atom. The van der Waals surface area contributed by atoms with E-state index in [-0.39, 0.29) is 26.4 Å². The number of ether oxygens (including phenoxy) is 4. The fourth-order valence-corrected chi connectivity index (χ4v) is 3.44. The molecule has 0 bridgehead atoms. The molecule has 2 heterocycles. The average molecular weight is 430 g/mol. The molecule has 0 aromatic heterocycles. The van der Waals surface area contributed by atoms with Crippen molar-refractivity contribution in [1.82, 2.24) is 0 Å². The highest BCUT2D eigenvalue weighted by Gasteiger charge is 2.44. The van der Waals surface area contributed by atoms with Crippen molar-refractivity contribution < 1.29 is 49.6 Å². The molecule has 2 aliphatic heterocycles. The van der Waals surface area contributed by atoms with Gasteiger partial charge in [0.2, 0.25) is 0 Å². The van der Waals surface area contributed by atoms with Crippen LogP contribution >= 0.6 is 0 Å². The van der Waals surface area contributed by atoms with Crippen LogP contribution in [0.1, 0.15) is 5.56 Å². The van der Waals surface area contributed by atoms with Crippen LogP contribution in [0.2, 0.25) is 0 Å². The molecule has 0 amide bonds. The summed E-state index contributed by atoms with van der Waals surface area (Å²) in [5.74, 6) is 0. The third-order valence-corrected chi connectivity index (χ3v) is 5.35. The lowest BCUT2D eigenvalue weighted by molar-refractivity contribution is -0.304. The van der Waals surface area contributed by atoms with Gasteiger partial charge in [-0.1, -0.05) is 30.3 Å². The van der Waals surface area contributed by atoms with Gasteiger partial charge in [-0.05, 0) is 12.0 Å². The summed E-state index contributed by atoms with van der Waals surface area (Å²) in [6, 6.07) is 9.59. The molecule has 30 heavy (non-hydrogen) atoms. The van der Waals surface area contributed by atoms with Crippen LogP contribution in [0.4, 0.5) is 0 Å². The minimum absolute atomic E-state index is 0.129. The zero-order valence-corrected chi connectivity index (χ0v) is 16.4. The van der Waals surface area contributed by atoms with E-state index in [4.69, 9.17) is 18.9 Å². The van der Waals surface area contributed by atoms with Crippen LogP contribution in [0.5, 0.6) is 0 Å². The van der Waals surface area contributed by atoms with Gasteiger partial charge < -0.3 is 49.6 Å². The van der Waals surface area contributed by atoms with Crippen molar-refractivity contribution in [2.75, 3.05) is 26.4 Å². The molecule has 170 valence electrons. The maximum absolute atomic E-state index is 10.2. The molecular formula is C20H30O10. The number of hydrogen-bond acceptors (Lipinski definition) is 10. The molecule has 1 aromatic carbocycles. The zero-order valence-electron chi connectivity index (χ0n) is 16.4. The summed E-state index contributed by atoms with van der Waals surface area (Å²) < 4.78 is 21.8. The summed E-state index contributed by atoms with van der Waals surface area (Å²) in [7, 11) is 0. The number of rotatable bonds is 8. The van der Waals surface area contributed by atoms with Crippen molar-refractivity contribution in [2.24, 2.45) is 0 Å². The van der Waals surface area contributed by atoms with E-state index >= 15 is 0 Å². The van der Waals surface area contributed by atoms with Gasteiger partial charge in [-0.15, -0.1) is 0 Å². The quantitative estimate of drug-likeness (QED) is 0.261. The van der Waals surface area contributed by atoms with Crippen LogP contribution in [0.25, 0.3) is 0 Å². The number of aliphatic hydroxyl groups excluding tert-OH is 6. The minimum Gasteiger partial charge on any atom is -0.388 e. The zero-order chi connectivity index (χ0) is 21.7. The smallest absolute Gasteiger partial charge is 0.186 e. The molecule has 0 saturated carbocycles. The molecule has 1 aromatic rings. The molecule has 6 N–H and O–H groups in total. The Labute approximate surface area is 174 Å². The molecule has 0 spiro atoms. The molecule has 2 saturated heterocycles. The first-order valence-corrected chi connectivity index (χ1v) is 9.97. The summed E-state index contributed by atoms with van der Waals surface area (Å²) in [6.07, 6.45) is -10.6. The number of hydrogen-bond donors (Lipinski definition) is 6. The van der Waals surface area contributed by atoms with E-state index in [2.05, 4.69) is 0 Å². The van der Waals surface area contributed by atoms with Crippen LogP contribution in [-0.2, 0) is 25.4 Å². The maximum Gasteiger partial charge on any atom is 0.186 e. The summed E-state index contributed by atoms with van der Waals surface area (Å²) in [5.41, 5.74) is 1.04. The van der Waals surface area contributed by atoms with Gasteiger partial charge in [0.15, 0.2) is 6.29 Å². The van der Waals surface area contributed by atoms with Crippen LogP contribution < -0.4 is 0 Å². The lowest BCUT2D eigenvalue weighted by atomic mass is 9.99. The monoisotopic (exact) mass is 430 g/mol. The van der Waals surface area contributed by atoms with Gasteiger partial charge in [-0.2, -0.15) is 0 Å². The first-order chi connectivity index (χ1) is 14.4. The SMILES string of the molecule is OC1[C@H](COCC2OC(OCCc3ccccc3)C(O)[C@@H](O)[C@@H]2O)OC[C@@H](O)[C@@H]1O. The van der Waals surface area contributed by atoms with E-state index in [1.165, 1.54) is 0 Å². The predicted molar refractivity (Wildman–Crippen MR) is 101 cm³/mol. The third-order valence-electron chi connectivity index (χ3n) is 5.35. The minimum atomic E-state index is -1.48. The summed E-state index contributed by atoms with van der Waals surface area (Å²) in [5, 5.41) is 59.5. The Kier molecular flexibility index (Phi) is 8.54. The fourth-order valence-electron chi connectivity index (χ4n) is 3.44. The topological polar surface area (TPSA) is 158 Å². The lowest BCUT2D eigenvalue weighted by Crippen LogP contribution is -2.59. The molecular weight excluding hydrogens is 400 g/mol. The van der Waals surface area contributed by atoms with Gasteiger partial charge in [0.1, 0.15) is 48.8 Å². The number of benzene rings is 1. The Morgan fingerprint density at radius 1 is 0.800 bits per heavy atom. The van der Waals surface area contributed by atoms with Crippen molar-refractivity contribution in [1.29, 1.82) is 0 Å². The third kappa shape index (κ3) is 5.74. The Hall–Kier alpha value is -1.18. The molecule has 10 heteroatoms. The van der Waals surface area contributed by atoms with Crippen LogP contribution in [0.3, 0.4) is 0 Å². The van der Waals surface area contributed by atoms with Crippen LogP contribution in [-0.4, -0.2) is 112 Å². The highest BCUT2D eigenvalue weighted by molar-refractivity contribution is 5.14. The van der Waals surface area contributed by atoms with Gasteiger partial charge >= 0.3 is 0 Å². The van der Waals surface area contributed by atoms with Crippen LogP contribution in [0, 0.1) is 0 Å². The highest BCUT2D eigenvalue weighted by atomic mass is 16.7. The van der Waals surface area contributed by atoms with Gasteiger partial charge in [-0.3, -0.25) is 0 Å². The van der Waals surface area contributed by atoms with E-state index in [0.29, 0.717) is 6.42 Å². The fraction of sp³-hybridized carbons (Fsp3) is 0.700. The van der Waals surface area contributed by atoms with Gasteiger partial charge in [0.25, 0.3) is 0 Å². The normalized spacial score (nSPS) is 39.7. The Morgan fingerprint density at radius 3 is 2.20 bits per heavy atom. The first kappa shape index (κ1) is 23.5. The number of aliphatic hydroxyl groups is 6. The van der Waals surface area contributed by atoms with Crippen LogP contribution in [0.15, 0.2) is 30.3 Å². The van der Waals surface area contributed by atoms with Gasteiger partial charge in [0, 0.05) is 0 Å². The predicted octanol–water partition coefficient (Wildman–Crippen LogP) is -2.45. The molecule has 2 fully saturated rings. The molecule has 0 aliphatic carbocycles. The second kappa shape index (κ2) is 10.9. The van der Waals surface area contributed by atoms with E-state index in [9.17, 15) is 30.6 Å². The van der Waals surface area contributed by atoms with Crippen molar-refractivity contribution in [3.63, 3.8) is 0 Å². The van der Waals surface area contributed by atoms with E-state index < -0.39 is 55.1 Å². The van der Waals surface area contributed by atoms with E-state index in [0.717, 1.165) is 5.56 Å². The van der Waals surface area contributed by atoms with E-state index in [1.807, 2.05) is 30.3 Å². The van der Waals surface area contributed by atoms with Crippen molar-refractivity contribution in [3.8, 4) is 0 Å². The molecule has 4 unspecified atom stereocenters. The van der Waals surface area contributed by atoms with Gasteiger partial charge in [-0.25, -0.2) is 0 Å². The van der Waals surface area contributed by atoms with Crippen molar-refractivity contribution in [2.45, 2.75) is 61.5 Å². The summed E-state index contributed by atoms with van der Waals surface area (Å²) >= 11 is 0. The largest absolute Gasteiger partial charge is 0.388 e. The molecule has 0 radical (unpaired) electrons. The second-order valence-electron chi connectivity index (χ2n) is 7.58. The Balaban J connectivity index is 1.46. The summed E-state index contributed by atoms with van der Waals surface area (Å²) in [6.45, 7) is -0.202. The van der Waals surface area contributed by atoms with Crippen molar-refractivity contribution >= 4 is 0 Å². The Bertz CT molecular complexity index is 631. The summed E-state index contributed by atoms with van der Waals surface area (Å²) in [4.78, 5) is 0. The molecule has 10 nitrogen and oxygen atoms in total.